The molecular weight excluding hydrogens is 198 g/mol. The van der Waals surface area contributed by atoms with Crippen molar-refractivity contribution in [2.24, 2.45) is 0 Å². The van der Waals surface area contributed by atoms with Crippen molar-refractivity contribution in [1.82, 2.24) is 4.90 Å². The Morgan fingerprint density at radius 1 is 1.50 bits per heavy atom. The average Bonchev–Trinajstić information content (AvgIpc) is 2.18. The fraction of sp³-hybridized carbons (Fsp3) is 0.727. The number of amides is 1. The third kappa shape index (κ3) is 5.88. The molecule has 0 aliphatic rings. The zero-order valence-corrected chi connectivity index (χ0v) is 9.52. The van der Waals surface area contributed by atoms with Crippen LogP contribution in [0.2, 0.25) is 0 Å². The number of hydrogen-bond acceptors (Lipinski definition) is 1. The summed E-state index contributed by atoms with van der Waals surface area (Å²) in [5, 5.41) is 0. The zero-order chi connectivity index (χ0) is 10.8. The molecule has 0 aromatic carbocycles. The van der Waals surface area contributed by atoms with Crippen molar-refractivity contribution in [3.05, 3.63) is 0 Å². The molecule has 0 aromatic heterocycles. The van der Waals surface area contributed by atoms with E-state index in [1.54, 1.807) is 4.90 Å². The Bertz CT molecular complexity index is 198. The Hall–Kier alpha value is -0.680. The third-order valence-corrected chi connectivity index (χ3v) is 2.17. The highest BCUT2D eigenvalue weighted by molar-refractivity contribution is 6.17. The SMILES string of the molecule is C#CCN(CCC)C(=O)CCCCCl. The summed E-state index contributed by atoms with van der Waals surface area (Å²) in [6.45, 7) is 3.22. The van der Waals surface area contributed by atoms with Crippen LogP contribution in [0.5, 0.6) is 0 Å². The van der Waals surface area contributed by atoms with Crippen LogP contribution in [0.25, 0.3) is 0 Å². The molecule has 3 heteroatoms. The van der Waals surface area contributed by atoms with Gasteiger partial charge in [-0.1, -0.05) is 12.8 Å². The number of terminal acetylenes is 1. The molecule has 0 bridgehead atoms. The molecule has 0 unspecified atom stereocenters. The molecule has 2 nitrogen and oxygen atoms in total. The minimum Gasteiger partial charge on any atom is -0.332 e. The van der Waals surface area contributed by atoms with Crippen molar-refractivity contribution in [2.75, 3.05) is 19.0 Å². The highest BCUT2D eigenvalue weighted by atomic mass is 35.5. The second-order valence-corrected chi connectivity index (χ2v) is 3.54. The maximum Gasteiger partial charge on any atom is 0.223 e. The van der Waals surface area contributed by atoms with Gasteiger partial charge in [0.2, 0.25) is 5.91 Å². The molecule has 0 saturated carbocycles. The molecule has 80 valence electrons. The standard InChI is InChI=1S/C11H18ClNO/c1-3-9-13(10-4-2)11(14)7-5-6-8-12/h1H,4-10H2,2H3. The van der Waals surface area contributed by atoms with Gasteiger partial charge >= 0.3 is 0 Å². The van der Waals surface area contributed by atoms with Crippen molar-refractivity contribution in [3.63, 3.8) is 0 Å². The van der Waals surface area contributed by atoms with E-state index < -0.39 is 0 Å². The van der Waals surface area contributed by atoms with E-state index in [-0.39, 0.29) is 5.91 Å². The number of nitrogens with zero attached hydrogens (tertiary/aromatic N) is 1. The van der Waals surface area contributed by atoms with E-state index >= 15 is 0 Å². The molecule has 0 rings (SSSR count). The molecule has 0 spiro atoms. The minimum absolute atomic E-state index is 0.148. The van der Waals surface area contributed by atoms with Gasteiger partial charge in [-0.15, -0.1) is 18.0 Å². The minimum atomic E-state index is 0.148. The number of rotatable bonds is 7. The lowest BCUT2D eigenvalue weighted by Gasteiger charge is -2.19. The lowest BCUT2D eigenvalue weighted by Crippen LogP contribution is -2.31. The number of carbonyl (C=O) groups excluding carboxylic acids is 1. The normalized spacial score (nSPS) is 9.50. The molecule has 14 heavy (non-hydrogen) atoms. The summed E-state index contributed by atoms with van der Waals surface area (Å²) in [7, 11) is 0. The van der Waals surface area contributed by atoms with E-state index in [0.717, 1.165) is 25.8 Å². The fourth-order valence-electron chi connectivity index (χ4n) is 1.20. The largest absolute Gasteiger partial charge is 0.332 e. The summed E-state index contributed by atoms with van der Waals surface area (Å²) < 4.78 is 0. The van der Waals surface area contributed by atoms with Gasteiger partial charge in [0, 0.05) is 18.8 Å². The molecular formula is C11H18ClNO. The van der Waals surface area contributed by atoms with Crippen LogP contribution < -0.4 is 0 Å². The molecule has 0 fully saturated rings. The highest BCUT2D eigenvalue weighted by Gasteiger charge is 2.10. The predicted molar refractivity (Wildman–Crippen MR) is 60.3 cm³/mol. The topological polar surface area (TPSA) is 20.3 Å². The quantitative estimate of drug-likeness (QED) is 0.363. The van der Waals surface area contributed by atoms with Crippen molar-refractivity contribution >= 4 is 17.5 Å². The van der Waals surface area contributed by atoms with E-state index in [4.69, 9.17) is 18.0 Å². The smallest absolute Gasteiger partial charge is 0.223 e. The van der Waals surface area contributed by atoms with Crippen molar-refractivity contribution in [1.29, 1.82) is 0 Å². The van der Waals surface area contributed by atoms with Crippen molar-refractivity contribution < 1.29 is 4.79 Å². The van der Waals surface area contributed by atoms with Gasteiger partial charge in [0.15, 0.2) is 0 Å². The molecule has 0 aliphatic carbocycles. The van der Waals surface area contributed by atoms with Gasteiger partial charge in [0.1, 0.15) is 0 Å². The van der Waals surface area contributed by atoms with Crippen LogP contribution in [0.3, 0.4) is 0 Å². The van der Waals surface area contributed by atoms with Crippen molar-refractivity contribution in [3.8, 4) is 12.3 Å². The van der Waals surface area contributed by atoms with Crippen LogP contribution in [0, 0.1) is 12.3 Å². The van der Waals surface area contributed by atoms with E-state index in [1.165, 1.54) is 0 Å². The Morgan fingerprint density at radius 3 is 2.71 bits per heavy atom. The highest BCUT2D eigenvalue weighted by Crippen LogP contribution is 2.02. The lowest BCUT2D eigenvalue weighted by atomic mass is 10.2. The summed E-state index contributed by atoms with van der Waals surface area (Å²) in [6, 6.07) is 0. The summed E-state index contributed by atoms with van der Waals surface area (Å²) in [4.78, 5) is 13.3. The Kier molecular flexibility index (Phi) is 8.47. The second kappa shape index (κ2) is 8.90. The van der Waals surface area contributed by atoms with Gasteiger partial charge in [-0.3, -0.25) is 4.79 Å². The van der Waals surface area contributed by atoms with Crippen LogP contribution in [0.4, 0.5) is 0 Å². The first-order valence-electron chi connectivity index (χ1n) is 5.03. The molecule has 1 amide bonds. The summed E-state index contributed by atoms with van der Waals surface area (Å²) in [5.41, 5.74) is 0. The predicted octanol–water partition coefficient (Wildman–Crippen LogP) is 2.27. The Labute approximate surface area is 91.6 Å². The number of unbranched alkanes of at least 4 members (excludes halogenated alkanes) is 1. The van der Waals surface area contributed by atoms with E-state index in [0.29, 0.717) is 18.8 Å². The summed E-state index contributed by atoms with van der Waals surface area (Å²) in [5.74, 6) is 3.27. The molecule has 0 aromatic rings. The first kappa shape index (κ1) is 13.3. The molecule has 0 atom stereocenters. The van der Waals surface area contributed by atoms with Crippen LogP contribution in [0.15, 0.2) is 0 Å². The van der Waals surface area contributed by atoms with Crippen molar-refractivity contribution in [2.45, 2.75) is 32.6 Å². The maximum atomic E-state index is 11.6. The molecule has 0 heterocycles. The number of hydrogen-bond donors (Lipinski definition) is 0. The number of carbonyl (C=O) groups is 1. The number of halogens is 1. The molecule has 0 N–H and O–H groups in total. The average molecular weight is 216 g/mol. The third-order valence-electron chi connectivity index (χ3n) is 1.90. The summed E-state index contributed by atoms with van der Waals surface area (Å²) >= 11 is 5.53. The Morgan fingerprint density at radius 2 is 2.21 bits per heavy atom. The number of alkyl halides is 1. The van der Waals surface area contributed by atoms with Gasteiger partial charge in [-0.05, 0) is 19.3 Å². The van der Waals surface area contributed by atoms with Crippen LogP contribution in [0.1, 0.15) is 32.6 Å². The van der Waals surface area contributed by atoms with Gasteiger partial charge in [-0.2, -0.15) is 0 Å². The first-order chi connectivity index (χ1) is 6.76. The fourth-order valence-corrected chi connectivity index (χ4v) is 1.39. The van der Waals surface area contributed by atoms with Gasteiger partial charge in [0.05, 0.1) is 6.54 Å². The van der Waals surface area contributed by atoms with E-state index in [9.17, 15) is 4.79 Å². The second-order valence-electron chi connectivity index (χ2n) is 3.17. The van der Waals surface area contributed by atoms with Gasteiger partial charge < -0.3 is 4.90 Å². The zero-order valence-electron chi connectivity index (χ0n) is 8.76. The van der Waals surface area contributed by atoms with Gasteiger partial charge in [0.25, 0.3) is 0 Å². The molecule has 0 aliphatic heterocycles. The maximum absolute atomic E-state index is 11.6. The first-order valence-corrected chi connectivity index (χ1v) is 5.56. The molecule has 0 radical (unpaired) electrons. The van der Waals surface area contributed by atoms with E-state index in [2.05, 4.69) is 5.92 Å². The van der Waals surface area contributed by atoms with E-state index in [1.807, 2.05) is 6.92 Å². The van der Waals surface area contributed by atoms with Crippen LogP contribution in [-0.2, 0) is 4.79 Å². The van der Waals surface area contributed by atoms with Gasteiger partial charge in [-0.25, -0.2) is 0 Å². The van der Waals surface area contributed by atoms with Crippen LogP contribution in [-0.4, -0.2) is 29.8 Å². The van der Waals surface area contributed by atoms with Crippen LogP contribution >= 0.6 is 11.6 Å². The molecule has 0 saturated heterocycles. The summed E-state index contributed by atoms with van der Waals surface area (Å²) in [6.07, 6.45) is 8.45. The monoisotopic (exact) mass is 215 g/mol. The Balaban J connectivity index is 3.83. The lowest BCUT2D eigenvalue weighted by molar-refractivity contribution is -0.130.